The molecule has 0 amide bonds. The van der Waals surface area contributed by atoms with Crippen LogP contribution in [-0.2, 0) is 16.1 Å². The molecule has 0 unspecified atom stereocenters. The molecule has 0 saturated heterocycles. The first-order valence-electron chi connectivity index (χ1n) is 10.5. The van der Waals surface area contributed by atoms with Crippen molar-refractivity contribution < 1.29 is 23.5 Å². The number of unbranched alkanes of at least 4 members (excludes halogenated alkanes) is 2. The van der Waals surface area contributed by atoms with Crippen LogP contribution in [0.2, 0.25) is 5.02 Å². The second-order valence-electron chi connectivity index (χ2n) is 7.17. The number of hydrogen-bond acceptors (Lipinski definition) is 7. The van der Waals surface area contributed by atoms with Crippen molar-refractivity contribution in [3.05, 3.63) is 65.0 Å². The summed E-state index contributed by atoms with van der Waals surface area (Å²) in [7, 11) is 0. The van der Waals surface area contributed by atoms with Crippen LogP contribution in [0.15, 0.2) is 52.9 Å². The van der Waals surface area contributed by atoms with E-state index in [1.165, 1.54) is 0 Å². The van der Waals surface area contributed by atoms with Crippen LogP contribution in [0.4, 0.5) is 0 Å². The summed E-state index contributed by atoms with van der Waals surface area (Å²) in [4.78, 5) is 24.3. The van der Waals surface area contributed by atoms with Gasteiger partial charge in [-0.1, -0.05) is 31.4 Å². The van der Waals surface area contributed by atoms with Crippen molar-refractivity contribution in [3.8, 4) is 17.2 Å². The van der Waals surface area contributed by atoms with Crippen molar-refractivity contribution in [2.75, 3.05) is 6.61 Å². The quantitative estimate of drug-likeness (QED) is 0.197. The second-order valence-corrected chi connectivity index (χ2v) is 7.61. The van der Waals surface area contributed by atoms with Gasteiger partial charge in [-0.3, -0.25) is 9.59 Å². The molecule has 2 aromatic carbocycles. The number of aromatic nitrogens is 2. The minimum absolute atomic E-state index is 0.0354. The number of hydrogen-bond donors (Lipinski definition) is 0. The summed E-state index contributed by atoms with van der Waals surface area (Å²) in [6.45, 7) is 2.64. The lowest BCUT2D eigenvalue weighted by Crippen LogP contribution is -2.08. The van der Waals surface area contributed by atoms with Crippen molar-refractivity contribution >= 4 is 23.4 Å². The maximum Gasteiger partial charge on any atom is 0.306 e. The molecule has 3 rings (SSSR count). The van der Waals surface area contributed by atoms with E-state index in [0.717, 1.165) is 25.0 Å². The molecule has 0 bridgehead atoms. The Kier molecular flexibility index (Phi) is 8.80. The molecule has 1 aromatic heterocycles. The predicted molar refractivity (Wildman–Crippen MR) is 120 cm³/mol. The van der Waals surface area contributed by atoms with Gasteiger partial charge in [-0.2, -0.15) is 0 Å². The number of carbonyl (C=O) groups excluding carboxylic acids is 2. The molecule has 8 heteroatoms. The molecule has 0 aliphatic heterocycles. The van der Waals surface area contributed by atoms with Crippen LogP contribution >= 0.6 is 11.6 Å². The number of halogens is 1. The minimum Gasteiger partial charge on any atom is -0.494 e. The van der Waals surface area contributed by atoms with Crippen LogP contribution in [0.3, 0.4) is 0 Å². The van der Waals surface area contributed by atoms with Gasteiger partial charge in [0.2, 0.25) is 5.89 Å². The SMILES string of the molecule is CCCCCOc1ccc(C(=O)CCC(=O)OCc2nnc(-c3ccc(Cl)cc3)o2)cc1. The van der Waals surface area contributed by atoms with Crippen LogP contribution in [0.5, 0.6) is 5.75 Å². The lowest BCUT2D eigenvalue weighted by Gasteiger charge is -2.07. The summed E-state index contributed by atoms with van der Waals surface area (Å²) >= 11 is 5.86. The van der Waals surface area contributed by atoms with E-state index >= 15 is 0 Å². The monoisotopic (exact) mass is 456 g/mol. The van der Waals surface area contributed by atoms with Gasteiger partial charge in [0, 0.05) is 22.6 Å². The number of nitrogens with zero attached hydrogens (tertiary/aromatic N) is 2. The molecule has 0 aliphatic rings. The lowest BCUT2D eigenvalue weighted by atomic mass is 10.1. The van der Waals surface area contributed by atoms with Crippen molar-refractivity contribution in [2.24, 2.45) is 0 Å². The van der Waals surface area contributed by atoms with Crippen LogP contribution in [0.25, 0.3) is 11.5 Å². The first-order valence-corrected chi connectivity index (χ1v) is 10.9. The third-order valence-corrected chi connectivity index (χ3v) is 4.92. The van der Waals surface area contributed by atoms with Gasteiger partial charge in [-0.15, -0.1) is 10.2 Å². The van der Waals surface area contributed by atoms with Gasteiger partial charge in [0.25, 0.3) is 5.89 Å². The van der Waals surface area contributed by atoms with E-state index in [4.69, 9.17) is 25.5 Å². The molecule has 1 heterocycles. The van der Waals surface area contributed by atoms with Gasteiger partial charge in [-0.05, 0) is 55.0 Å². The number of ketones is 1. The zero-order chi connectivity index (χ0) is 22.8. The molecular weight excluding hydrogens is 432 g/mol. The normalized spacial score (nSPS) is 10.7. The zero-order valence-electron chi connectivity index (χ0n) is 17.9. The summed E-state index contributed by atoms with van der Waals surface area (Å²) in [5, 5.41) is 8.39. The van der Waals surface area contributed by atoms with E-state index in [0.29, 0.717) is 28.6 Å². The molecule has 0 fully saturated rings. The Morgan fingerprint density at radius 3 is 2.44 bits per heavy atom. The molecule has 0 radical (unpaired) electrons. The topological polar surface area (TPSA) is 91.5 Å². The highest BCUT2D eigenvalue weighted by molar-refractivity contribution is 6.30. The second kappa shape index (κ2) is 12.0. The number of esters is 1. The van der Waals surface area contributed by atoms with Crippen LogP contribution in [0, 0.1) is 0 Å². The van der Waals surface area contributed by atoms with Crippen LogP contribution < -0.4 is 4.74 Å². The van der Waals surface area contributed by atoms with Crippen LogP contribution in [-0.4, -0.2) is 28.6 Å². The minimum atomic E-state index is -0.513. The smallest absolute Gasteiger partial charge is 0.306 e. The largest absolute Gasteiger partial charge is 0.494 e. The zero-order valence-corrected chi connectivity index (χ0v) is 18.6. The summed E-state index contributed by atoms with van der Waals surface area (Å²) in [6.07, 6.45) is 3.29. The molecule has 168 valence electrons. The van der Waals surface area contributed by atoms with Gasteiger partial charge < -0.3 is 13.9 Å². The fourth-order valence-electron chi connectivity index (χ4n) is 2.87. The molecule has 0 N–H and O–H groups in total. The van der Waals surface area contributed by atoms with Crippen molar-refractivity contribution in [3.63, 3.8) is 0 Å². The summed E-state index contributed by atoms with van der Waals surface area (Å²) < 4.78 is 16.3. The average Bonchev–Trinajstić information content (AvgIpc) is 3.29. The van der Waals surface area contributed by atoms with Crippen molar-refractivity contribution in [1.82, 2.24) is 10.2 Å². The Bertz CT molecular complexity index is 1020. The number of Topliss-reactive ketones (excluding diaryl/α,β-unsaturated/α-hetero) is 1. The van der Waals surface area contributed by atoms with E-state index < -0.39 is 5.97 Å². The van der Waals surface area contributed by atoms with Gasteiger partial charge in [0.15, 0.2) is 12.4 Å². The first kappa shape index (κ1) is 23.5. The van der Waals surface area contributed by atoms with Gasteiger partial charge in [0.05, 0.1) is 13.0 Å². The van der Waals surface area contributed by atoms with E-state index in [2.05, 4.69) is 17.1 Å². The summed E-state index contributed by atoms with van der Waals surface area (Å²) in [5.74, 6) is 0.558. The maximum absolute atomic E-state index is 12.3. The highest BCUT2D eigenvalue weighted by atomic mass is 35.5. The molecule has 0 saturated carbocycles. The standard InChI is InChI=1S/C24H25ClN2O5/c1-2-3-4-15-30-20-11-7-17(8-12-20)21(28)13-14-23(29)31-16-22-26-27-24(32-22)18-5-9-19(25)10-6-18/h5-12H,2-4,13-16H2,1H3. The molecule has 0 spiro atoms. The summed E-state index contributed by atoms with van der Waals surface area (Å²) in [5.41, 5.74) is 1.24. The first-order chi connectivity index (χ1) is 15.5. The number of rotatable bonds is 12. The average molecular weight is 457 g/mol. The fraction of sp³-hybridized carbons (Fsp3) is 0.333. The highest BCUT2D eigenvalue weighted by Crippen LogP contribution is 2.20. The Hall–Kier alpha value is -3.19. The van der Waals surface area contributed by atoms with Gasteiger partial charge in [-0.25, -0.2) is 0 Å². The lowest BCUT2D eigenvalue weighted by molar-refractivity contribution is -0.145. The van der Waals surface area contributed by atoms with E-state index in [1.807, 2.05) is 0 Å². The highest BCUT2D eigenvalue weighted by Gasteiger charge is 2.13. The predicted octanol–water partition coefficient (Wildman–Crippen LogP) is 5.67. The van der Waals surface area contributed by atoms with E-state index in [1.54, 1.807) is 48.5 Å². The van der Waals surface area contributed by atoms with Crippen LogP contribution in [0.1, 0.15) is 55.3 Å². The van der Waals surface area contributed by atoms with Gasteiger partial charge >= 0.3 is 5.97 Å². The van der Waals surface area contributed by atoms with Crippen molar-refractivity contribution in [2.45, 2.75) is 45.6 Å². The number of carbonyl (C=O) groups is 2. The molecule has 0 aliphatic carbocycles. The maximum atomic E-state index is 12.3. The van der Waals surface area contributed by atoms with E-state index in [-0.39, 0.29) is 31.1 Å². The van der Waals surface area contributed by atoms with Gasteiger partial charge in [0.1, 0.15) is 5.75 Å². The third-order valence-electron chi connectivity index (χ3n) is 4.66. The Morgan fingerprint density at radius 1 is 0.969 bits per heavy atom. The summed E-state index contributed by atoms with van der Waals surface area (Å²) in [6, 6.07) is 13.9. The fourth-order valence-corrected chi connectivity index (χ4v) is 3.00. The third kappa shape index (κ3) is 7.20. The number of ether oxygens (including phenoxy) is 2. The molecule has 3 aromatic rings. The number of benzene rings is 2. The Morgan fingerprint density at radius 2 is 1.72 bits per heavy atom. The van der Waals surface area contributed by atoms with Crippen molar-refractivity contribution in [1.29, 1.82) is 0 Å². The Labute approximate surface area is 191 Å². The Balaban J connectivity index is 1.40. The molecule has 7 nitrogen and oxygen atoms in total. The molecule has 32 heavy (non-hydrogen) atoms. The molecule has 0 atom stereocenters. The van der Waals surface area contributed by atoms with E-state index in [9.17, 15) is 9.59 Å². The molecular formula is C24H25ClN2O5.